The first kappa shape index (κ1) is 13.0. The first-order chi connectivity index (χ1) is 7.77. The summed E-state index contributed by atoms with van der Waals surface area (Å²) >= 11 is 0. The van der Waals surface area contributed by atoms with Crippen LogP contribution in [0.15, 0.2) is 24.3 Å². The monoisotopic (exact) mass is 217 g/mol. The molecule has 0 saturated heterocycles. The summed E-state index contributed by atoms with van der Waals surface area (Å²) in [6.45, 7) is 4.37. The second-order valence-electron chi connectivity index (χ2n) is 4.33. The second-order valence-corrected chi connectivity index (χ2v) is 4.33. The van der Waals surface area contributed by atoms with Crippen LogP contribution < -0.4 is 0 Å². The van der Waals surface area contributed by atoms with Gasteiger partial charge in [-0.1, -0.05) is 63.8 Å². The molecular weight excluding hydrogens is 196 g/mol. The fourth-order valence-electron chi connectivity index (χ4n) is 1.90. The molecule has 0 heterocycles. The zero-order valence-electron chi connectivity index (χ0n) is 10.3. The highest BCUT2D eigenvalue weighted by Crippen LogP contribution is 2.19. The minimum Gasteiger partial charge on any atom is -0.294 e. The third-order valence-electron chi connectivity index (χ3n) is 3.06. The van der Waals surface area contributed by atoms with Gasteiger partial charge in [0.05, 0.1) is 0 Å². The maximum atomic E-state index is 12.0. The standard InChI is InChI=1S/C15H21O/c1-3-5-9-13(4-2)12-15(16)14-10-7-6-8-11-14/h7-8,10-11,13H,3-5,9,12H2,1-2H3. The van der Waals surface area contributed by atoms with Crippen LogP contribution in [0.2, 0.25) is 0 Å². The van der Waals surface area contributed by atoms with Gasteiger partial charge in [0.25, 0.3) is 0 Å². The van der Waals surface area contributed by atoms with Gasteiger partial charge in [-0.15, -0.1) is 0 Å². The zero-order valence-corrected chi connectivity index (χ0v) is 10.3. The van der Waals surface area contributed by atoms with Gasteiger partial charge in [-0.2, -0.15) is 0 Å². The Morgan fingerprint density at radius 1 is 1.31 bits per heavy atom. The summed E-state index contributed by atoms with van der Waals surface area (Å²) in [4.78, 5) is 12.0. The summed E-state index contributed by atoms with van der Waals surface area (Å²) in [5.74, 6) is 0.827. The van der Waals surface area contributed by atoms with E-state index in [-0.39, 0.29) is 5.78 Å². The second kappa shape index (κ2) is 7.21. The van der Waals surface area contributed by atoms with Gasteiger partial charge in [0.1, 0.15) is 0 Å². The molecule has 1 radical (unpaired) electrons. The van der Waals surface area contributed by atoms with Gasteiger partial charge in [0.2, 0.25) is 0 Å². The van der Waals surface area contributed by atoms with E-state index < -0.39 is 0 Å². The lowest BCUT2D eigenvalue weighted by molar-refractivity contribution is 0.0957. The summed E-state index contributed by atoms with van der Waals surface area (Å²) in [6.07, 6.45) is 5.42. The molecule has 0 aliphatic heterocycles. The first-order valence-electron chi connectivity index (χ1n) is 6.27. The van der Waals surface area contributed by atoms with Crippen LogP contribution in [0.25, 0.3) is 0 Å². The normalized spacial score (nSPS) is 12.4. The van der Waals surface area contributed by atoms with E-state index in [4.69, 9.17) is 0 Å². The number of rotatable bonds is 7. The minimum atomic E-state index is 0.275. The highest BCUT2D eigenvalue weighted by atomic mass is 16.1. The molecule has 0 saturated carbocycles. The van der Waals surface area contributed by atoms with Gasteiger partial charge in [0.15, 0.2) is 5.78 Å². The van der Waals surface area contributed by atoms with Gasteiger partial charge in [-0.05, 0) is 12.0 Å². The quantitative estimate of drug-likeness (QED) is 0.623. The molecule has 1 rings (SSSR count). The average molecular weight is 217 g/mol. The number of carbonyl (C=O) groups is 1. The number of hydrogen-bond acceptors (Lipinski definition) is 1. The van der Waals surface area contributed by atoms with Crippen LogP contribution >= 0.6 is 0 Å². The Bertz CT molecular complexity index is 302. The Labute approximate surface area is 98.9 Å². The van der Waals surface area contributed by atoms with Gasteiger partial charge in [-0.25, -0.2) is 0 Å². The molecule has 0 aromatic heterocycles. The molecule has 0 bridgehead atoms. The van der Waals surface area contributed by atoms with E-state index in [0.29, 0.717) is 12.3 Å². The van der Waals surface area contributed by atoms with Crippen LogP contribution in [0.3, 0.4) is 0 Å². The van der Waals surface area contributed by atoms with Gasteiger partial charge in [-0.3, -0.25) is 4.79 Å². The van der Waals surface area contributed by atoms with Crippen molar-refractivity contribution in [3.8, 4) is 0 Å². The molecule has 16 heavy (non-hydrogen) atoms. The lowest BCUT2D eigenvalue weighted by atomic mass is 9.92. The van der Waals surface area contributed by atoms with Gasteiger partial charge < -0.3 is 0 Å². The maximum absolute atomic E-state index is 12.0. The van der Waals surface area contributed by atoms with Gasteiger partial charge >= 0.3 is 0 Å². The maximum Gasteiger partial charge on any atom is 0.163 e. The van der Waals surface area contributed by atoms with Crippen molar-refractivity contribution in [2.24, 2.45) is 5.92 Å². The number of ketones is 1. The molecule has 0 aliphatic rings. The third kappa shape index (κ3) is 4.18. The van der Waals surface area contributed by atoms with E-state index in [1.54, 1.807) is 12.1 Å². The highest BCUT2D eigenvalue weighted by Gasteiger charge is 2.12. The van der Waals surface area contributed by atoms with E-state index in [1.807, 2.05) is 12.1 Å². The number of Topliss-reactive ketones (excluding diaryl/α,β-unsaturated/α-hetero) is 1. The molecule has 0 spiro atoms. The summed E-state index contributed by atoms with van der Waals surface area (Å²) in [7, 11) is 0. The van der Waals surface area contributed by atoms with Gasteiger partial charge in [0, 0.05) is 12.0 Å². The van der Waals surface area contributed by atoms with Crippen LogP contribution in [0.5, 0.6) is 0 Å². The summed E-state index contributed by atoms with van der Waals surface area (Å²) in [5.41, 5.74) is 0.827. The predicted octanol–water partition coefficient (Wildman–Crippen LogP) is 4.28. The SMILES string of the molecule is CCCCC(CC)CC(=O)c1cc[c]cc1. The van der Waals surface area contributed by atoms with Crippen LogP contribution in [0.1, 0.15) is 56.3 Å². The summed E-state index contributed by atoms with van der Waals surface area (Å²) in [5, 5.41) is 0. The zero-order chi connectivity index (χ0) is 11.8. The largest absolute Gasteiger partial charge is 0.294 e. The Hall–Kier alpha value is -1.11. The van der Waals surface area contributed by atoms with Crippen molar-refractivity contribution in [1.82, 2.24) is 0 Å². The predicted molar refractivity (Wildman–Crippen MR) is 67.5 cm³/mol. The van der Waals surface area contributed by atoms with Crippen LogP contribution in [-0.4, -0.2) is 5.78 Å². The molecule has 1 unspecified atom stereocenters. The Balaban J connectivity index is 2.49. The molecule has 0 aliphatic carbocycles. The fourth-order valence-corrected chi connectivity index (χ4v) is 1.90. The molecular formula is C15H21O. The molecule has 0 amide bonds. The molecule has 87 valence electrons. The van der Waals surface area contributed by atoms with Crippen molar-refractivity contribution in [1.29, 1.82) is 0 Å². The average Bonchev–Trinajstić information content (AvgIpc) is 2.35. The van der Waals surface area contributed by atoms with Crippen molar-refractivity contribution in [2.75, 3.05) is 0 Å². The van der Waals surface area contributed by atoms with Crippen LogP contribution in [-0.2, 0) is 0 Å². The number of hydrogen-bond donors (Lipinski definition) is 0. The molecule has 1 nitrogen and oxygen atoms in total. The van der Waals surface area contributed by atoms with Crippen molar-refractivity contribution < 1.29 is 4.79 Å². The van der Waals surface area contributed by atoms with Crippen molar-refractivity contribution in [3.63, 3.8) is 0 Å². The lowest BCUT2D eigenvalue weighted by Crippen LogP contribution is -2.08. The first-order valence-corrected chi connectivity index (χ1v) is 6.27. The van der Waals surface area contributed by atoms with Crippen LogP contribution in [0, 0.1) is 12.0 Å². The van der Waals surface area contributed by atoms with Crippen molar-refractivity contribution in [3.05, 3.63) is 35.9 Å². The smallest absolute Gasteiger partial charge is 0.163 e. The number of benzene rings is 1. The molecule has 1 heteroatoms. The third-order valence-corrected chi connectivity index (χ3v) is 3.06. The van der Waals surface area contributed by atoms with E-state index in [2.05, 4.69) is 19.9 Å². The minimum absolute atomic E-state index is 0.275. The highest BCUT2D eigenvalue weighted by molar-refractivity contribution is 5.96. The van der Waals surface area contributed by atoms with E-state index >= 15 is 0 Å². The topological polar surface area (TPSA) is 17.1 Å². The molecule has 0 N–H and O–H groups in total. The lowest BCUT2D eigenvalue weighted by Gasteiger charge is -2.13. The van der Waals surface area contributed by atoms with E-state index in [0.717, 1.165) is 12.0 Å². The fraction of sp³-hybridized carbons (Fsp3) is 0.533. The van der Waals surface area contributed by atoms with E-state index in [9.17, 15) is 4.79 Å². The van der Waals surface area contributed by atoms with Crippen molar-refractivity contribution >= 4 is 5.78 Å². The van der Waals surface area contributed by atoms with E-state index in [1.165, 1.54) is 19.3 Å². The molecule has 0 fully saturated rings. The van der Waals surface area contributed by atoms with Crippen molar-refractivity contribution in [2.45, 2.75) is 46.0 Å². The molecule has 1 aromatic rings. The molecule has 1 atom stereocenters. The number of carbonyl (C=O) groups excluding carboxylic acids is 1. The Morgan fingerprint density at radius 3 is 2.56 bits per heavy atom. The Morgan fingerprint density at radius 2 is 2.00 bits per heavy atom. The van der Waals surface area contributed by atoms with Crippen LogP contribution in [0.4, 0.5) is 0 Å². The Kier molecular flexibility index (Phi) is 5.84. The number of unbranched alkanes of at least 4 members (excludes halogenated alkanes) is 1. The summed E-state index contributed by atoms with van der Waals surface area (Å²) in [6, 6.07) is 10.3. The molecule has 1 aromatic carbocycles. The summed E-state index contributed by atoms with van der Waals surface area (Å²) < 4.78 is 0.